The van der Waals surface area contributed by atoms with Gasteiger partial charge >= 0.3 is 0 Å². The van der Waals surface area contributed by atoms with Gasteiger partial charge in [-0.05, 0) is 30.7 Å². The molecule has 5 aromatic rings. The highest BCUT2D eigenvalue weighted by molar-refractivity contribution is 6.32. The lowest BCUT2D eigenvalue weighted by Gasteiger charge is -2.05. The van der Waals surface area contributed by atoms with Gasteiger partial charge in [0.15, 0.2) is 17.1 Å². The molecule has 138 valence electrons. The minimum Gasteiger partial charge on any atom is -0.485 e. The summed E-state index contributed by atoms with van der Waals surface area (Å²) in [6, 6.07) is 15.3. The first kappa shape index (κ1) is 16.7. The van der Waals surface area contributed by atoms with Gasteiger partial charge in [0.25, 0.3) is 0 Å². The third-order valence-corrected chi connectivity index (χ3v) is 4.80. The third kappa shape index (κ3) is 2.76. The molecule has 28 heavy (non-hydrogen) atoms. The molecule has 5 rings (SSSR count). The van der Waals surface area contributed by atoms with Crippen LogP contribution in [0.15, 0.2) is 61.1 Å². The first-order chi connectivity index (χ1) is 13.7. The van der Waals surface area contributed by atoms with E-state index < -0.39 is 0 Å². The largest absolute Gasteiger partial charge is 0.485 e. The van der Waals surface area contributed by atoms with E-state index in [1.165, 1.54) is 0 Å². The van der Waals surface area contributed by atoms with Gasteiger partial charge in [-0.1, -0.05) is 41.9 Å². The number of ether oxygens (including phenoxy) is 1. The maximum atomic E-state index is 6.31. The second kappa shape index (κ2) is 6.61. The van der Waals surface area contributed by atoms with E-state index in [1.54, 1.807) is 21.7 Å². The van der Waals surface area contributed by atoms with Crippen molar-refractivity contribution in [1.29, 1.82) is 0 Å². The van der Waals surface area contributed by atoms with Crippen LogP contribution in [0.25, 0.3) is 22.4 Å². The summed E-state index contributed by atoms with van der Waals surface area (Å²) in [6.07, 6.45) is 3.35. The zero-order chi connectivity index (χ0) is 19.1. The van der Waals surface area contributed by atoms with E-state index in [0.717, 1.165) is 22.4 Å². The van der Waals surface area contributed by atoms with Crippen LogP contribution in [0.2, 0.25) is 5.02 Å². The van der Waals surface area contributed by atoms with Gasteiger partial charge in [-0.2, -0.15) is 5.10 Å². The average Bonchev–Trinajstić information content (AvgIpc) is 3.31. The van der Waals surface area contributed by atoms with Crippen molar-refractivity contribution in [3.8, 4) is 11.4 Å². The van der Waals surface area contributed by atoms with Crippen LogP contribution in [0.3, 0.4) is 0 Å². The molecule has 0 amide bonds. The fraction of sp³-hybridized carbons (Fsp3) is 0.100. The maximum Gasteiger partial charge on any atom is 0.189 e. The molecular weight excluding hydrogens is 376 g/mol. The molecule has 0 saturated carbocycles. The van der Waals surface area contributed by atoms with E-state index in [4.69, 9.17) is 16.3 Å². The standard InChI is InChI=1S/C20H15ClN6O/c1-13-6-2-5-9-17(13)28-11-18-24-20-14-10-23-27(16-8-4-3-7-15(16)21)19(14)22-12-26(20)25-18/h2-10,12H,11H2,1H3. The summed E-state index contributed by atoms with van der Waals surface area (Å²) in [5.74, 6) is 1.39. The summed E-state index contributed by atoms with van der Waals surface area (Å²) in [6.45, 7) is 2.27. The number of benzene rings is 2. The van der Waals surface area contributed by atoms with Gasteiger partial charge in [-0.3, -0.25) is 0 Å². The number of para-hydroxylation sites is 2. The Hall–Kier alpha value is -3.45. The van der Waals surface area contributed by atoms with Crippen LogP contribution in [0.4, 0.5) is 0 Å². The third-order valence-electron chi connectivity index (χ3n) is 4.48. The van der Waals surface area contributed by atoms with Gasteiger partial charge in [-0.15, -0.1) is 5.10 Å². The number of hydrogen-bond donors (Lipinski definition) is 0. The highest BCUT2D eigenvalue weighted by atomic mass is 35.5. The van der Waals surface area contributed by atoms with Crippen molar-refractivity contribution in [1.82, 2.24) is 29.4 Å². The minimum atomic E-state index is 0.271. The Morgan fingerprint density at radius 3 is 2.71 bits per heavy atom. The molecule has 0 bridgehead atoms. The second-order valence-electron chi connectivity index (χ2n) is 6.34. The Morgan fingerprint density at radius 2 is 1.86 bits per heavy atom. The number of hydrogen-bond acceptors (Lipinski definition) is 5. The monoisotopic (exact) mass is 390 g/mol. The smallest absolute Gasteiger partial charge is 0.189 e. The summed E-state index contributed by atoms with van der Waals surface area (Å²) in [4.78, 5) is 9.11. The van der Waals surface area contributed by atoms with Crippen molar-refractivity contribution in [2.45, 2.75) is 13.5 Å². The topological polar surface area (TPSA) is 70.1 Å². The van der Waals surface area contributed by atoms with Crippen LogP contribution in [0.1, 0.15) is 11.4 Å². The van der Waals surface area contributed by atoms with Crippen molar-refractivity contribution in [2.75, 3.05) is 0 Å². The van der Waals surface area contributed by atoms with Gasteiger partial charge in [0.05, 0.1) is 22.3 Å². The van der Waals surface area contributed by atoms with Crippen LogP contribution in [-0.2, 0) is 6.61 Å². The van der Waals surface area contributed by atoms with Gasteiger partial charge in [0, 0.05) is 0 Å². The average molecular weight is 391 g/mol. The normalized spacial score (nSPS) is 11.4. The molecule has 0 N–H and O–H groups in total. The SMILES string of the molecule is Cc1ccccc1OCc1nc2c3cnn(-c4ccccc4Cl)c3ncn2n1. The summed E-state index contributed by atoms with van der Waals surface area (Å²) < 4.78 is 9.20. The lowest BCUT2D eigenvalue weighted by Crippen LogP contribution is -2.00. The van der Waals surface area contributed by atoms with Crippen molar-refractivity contribution in [3.05, 3.63) is 77.5 Å². The van der Waals surface area contributed by atoms with Gasteiger partial charge in [0.2, 0.25) is 0 Å². The van der Waals surface area contributed by atoms with Crippen LogP contribution in [0, 0.1) is 6.92 Å². The predicted molar refractivity (Wildman–Crippen MR) is 106 cm³/mol. The molecule has 0 atom stereocenters. The second-order valence-corrected chi connectivity index (χ2v) is 6.75. The molecular formula is C20H15ClN6O. The minimum absolute atomic E-state index is 0.271. The Morgan fingerprint density at radius 1 is 1.04 bits per heavy atom. The predicted octanol–water partition coefficient (Wildman–Crippen LogP) is 4.00. The molecule has 2 aromatic carbocycles. The first-order valence-electron chi connectivity index (χ1n) is 8.72. The lowest BCUT2D eigenvalue weighted by molar-refractivity contribution is 0.294. The molecule has 3 heterocycles. The molecule has 0 aliphatic heterocycles. The van der Waals surface area contributed by atoms with Crippen molar-refractivity contribution in [3.63, 3.8) is 0 Å². The van der Waals surface area contributed by atoms with E-state index in [0.29, 0.717) is 22.1 Å². The number of rotatable bonds is 4. The molecule has 0 spiro atoms. The van der Waals surface area contributed by atoms with Crippen LogP contribution in [0.5, 0.6) is 5.75 Å². The maximum absolute atomic E-state index is 6.31. The van der Waals surface area contributed by atoms with Crippen LogP contribution in [-0.4, -0.2) is 29.4 Å². The highest BCUT2D eigenvalue weighted by Gasteiger charge is 2.15. The summed E-state index contributed by atoms with van der Waals surface area (Å²) in [5, 5.41) is 10.3. The molecule has 0 saturated heterocycles. The Kier molecular flexibility index (Phi) is 3.95. The van der Waals surface area contributed by atoms with Crippen molar-refractivity contribution < 1.29 is 4.74 Å². The Balaban J connectivity index is 1.53. The van der Waals surface area contributed by atoms with Crippen molar-refractivity contribution in [2.24, 2.45) is 0 Å². The van der Waals surface area contributed by atoms with Gasteiger partial charge < -0.3 is 4.74 Å². The molecule has 3 aromatic heterocycles. The Bertz CT molecular complexity index is 1310. The molecule has 8 heteroatoms. The van der Waals surface area contributed by atoms with E-state index >= 15 is 0 Å². The molecule has 0 fully saturated rings. The fourth-order valence-corrected chi connectivity index (χ4v) is 3.30. The van der Waals surface area contributed by atoms with E-state index in [2.05, 4.69) is 20.2 Å². The number of aryl methyl sites for hydroxylation is 1. The van der Waals surface area contributed by atoms with E-state index in [1.807, 2.05) is 55.5 Å². The zero-order valence-corrected chi connectivity index (χ0v) is 15.7. The van der Waals surface area contributed by atoms with Gasteiger partial charge in [0.1, 0.15) is 18.7 Å². The van der Waals surface area contributed by atoms with Crippen LogP contribution >= 0.6 is 11.6 Å². The Labute approximate surface area is 165 Å². The number of halogens is 1. The van der Waals surface area contributed by atoms with Gasteiger partial charge in [-0.25, -0.2) is 19.2 Å². The first-order valence-corrected chi connectivity index (χ1v) is 9.10. The van der Waals surface area contributed by atoms with Crippen LogP contribution < -0.4 is 4.74 Å². The molecule has 0 aliphatic carbocycles. The summed E-state index contributed by atoms with van der Waals surface area (Å²) in [5.41, 5.74) is 3.17. The molecule has 0 aliphatic rings. The summed E-state index contributed by atoms with van der Waals surface area (Å²) in [7, 11) is 0. The molecule has 7 nitrogen and oxygen atoms in total. The highest BCUT2D eigenvalue weighted by Crippen LogP contribution is 2.24. The van der Waals surface area contributed by atoms with E-state index in [-0.39, 0.29) is 6.61 Å². The summed E-state index contributed by atoms with van der Waals surface area (Å²) >= 11 is 6.31. The van der Waals surface area contributed by atoms with Crippen molar-refractivity contribution >= 4 is 28.3 Å². The quantitative estimate of drug-likeness (QED) is 0.464. The lowest BCUT2D eigenvalue weighted by atomic mass is 10.2. The number of fused-ring (bicyclic) bond motifs is 3. The fourth-order valence-electron chi connectivity index (χ4n) is 3.09. The molecule has 0 unspecified atom stereocenters. The van der Waals surface area contributed by atoms with E-state index in [9.17, 15) is 0 Å². The number of nitrogens with zero attached hydrogens (tertiary/aromatic N) is 6. The molecule has 0 radical (unpaired) electrons. The number of aromatic nitrogens is 6. The zero-order valence-electron chi connectivity index (χ0n) is 15.0.